The fourth-order valence-electron chi connectivity index (χ4n) is 1.81. The number of thiazole rings is 1. The zero-order valence-corrected chi connectivity index (χ0v) is 13.7. The second kappa shape index (κ2) is 6.50. The van der Waals surface area contributed by atoms with Crippen LogP contribution in [-0.2, 0) is 0 Å². The summed E-state index contributed by atoms with van der Waals surface area (Å²) in [5, 5.41) is 7.01. The molecule has 0 bridgehead atoms. The molecule has 0 aliphatic carbocycles. The van der Waals surface area contributed by atoms with E-state index in [2.05, 4.69) is 41.0 Å². The Balaban J connectivity index is 2.32. The second-order valence-corrected chi connectivity index (χ2v) is 6.26. The van der Waals surface area contributed by atoms with E-state index >= 15 is 0 Å². The van der Waals surface area contributed by atoms with Crippen LogP contribution in [0.1, 0.15) is 55.5 Å². The van der Waals surface area contributed by atoms with Crippen molar-refractivity contribution in [2.24, 2.45) is 0 Å². The van der Waals surface area contributed by atoms with Gasteiger partial charge in [-0.15, -0.1) is 11.3 Å². The summed E-state index contributed by atoms with van der Waals surface area (Å²) in [4.78, 5) is 13.3. The smallest absolute Gasteiger partial charge is 0.137 e. The van der Waals surface area contributed by atoms with E-state index in [-0.39, 0.29) is 12.0 Å². The molecule has 20 heavy (non-hydrogen) atoms. The van der Waals surface area contributed by atoms with Crippen LogP contribution in [0.3, 0.4) is 0 Å². The first-order valence-electron chi connectivity index (χ1n) is 6.72. The van der Waals surface area contributed by atoms with Gasteiger partial charge in [0.2, 0.25) is 0 Å². The maximum atomic E-state index is 6.21. The summed E-state index contributed by atoms with van der Waals surface area (Å²) in [6, 6.07) is 0.152. The maximum Gasteiger partial charge on any atom is 0.137 e. The topological polar surface area (TPSA) is 50.7 Å². The Labute approximate surface area is 128 Å². The van der Waals surface area contributed by atoms with Crippen molar-refractivity contribution in [2.75, 3.05) is 5.32 Å². The number of rotatable bonds is 5. The molecule has 4 nitrogen and oxygen atoms in total. The van der Waals surface area contributed by atoms with Crippen LogP contribution in [0.5, 0.6) is 0 Å². The van der Waals surface area contributed by atoms with Gasteiger partial charge >= 0.3 is 0 Å². The van der Waals surface area contributed by atoms with E-state index in [1.807, 2.05) is 18.5 Å². The number of aromatic nitrogens is 3. The minimum atomic E-state index is 0.152. The summed E-state index contributed by atoms with van der Waals surface area (Å²) >= 11 is 7.86. The van der Waals surface area contributed by atoms with Crippen LogP contribution >= 0.6 is 22.9 Å². The number of hydrogen-bond acceptors (Lipinski definition) is 5. The van der Waals surface area contributed by atoms with Crippen molar-refractivity contribution in [3.8, 4) is 0 Å². The van der Waals surface area contributed by atoms with Crippen LogP contribution in [-0.4, -0.2) is 15.0 Å². The molecule has 0 saturated carbocycles. The third kappa shape index (κ3) is 3.27. The highest BCUT2D eigenvalue weighted by molar-refractivity contribution is 7.09. The summed E-state index contributed by atoms with van der Waals surface area (Å²) in [6.45, 7) is 8.18. The van der Waals surface area contributed by atoms with E-state index in [0.717, 1.165) is 28.6 Å². The molecule has 6 heteroatoms. The molecule has 1 atom stereocenters. The van der Waals surface area contributed by atoms with E-state index < -0.39 is 0 Å². The van der Waals surface area contributed by atoms with Gasteiger partial charge in [-0.2, -0.15) is 0 Å². The fourth-order valence-corrected chi connectivity index (χ4v) is 2.76. The lowest BCUT2D eigenvalue weighted by Crippen LogP contribution is -2.13. The molecule has 2 rings (SSSR count). The minimum absolute atomic E-state index is 0.152. The Kier molecular flexibility index (Phi) is 4.94. The molecule has 2 aromatic heterocycles. The van der Waals surface area contributed by atoms with Gasteiger partial charge in [0.1, 0.15) is 21.8 Å². The van der Waals surface area contributed by atoms with Crippen molar-refractivity contribution < 1.29 is 0 Å². The van der Waals surface area contributed by atoms with Crippen molar-refractivity contribution in [1.82, 2.24) is 15.0 Å². The van der Waals surface area contributed by atoms with Gasteiger partial charge in [0.05, 0.1) is 6.04 Å². The second-order valence-electron chi connectivity index (χ2n) is 4.98. The highest BCUT2D eigenvalue weighted by Crippen LogP contribution is 2.28. The Morgan fingerprint density at radius 2 is 2.10 bits per heavy atom. The Bertz CT molecular complexity index is 569. The van der Waals surface area contributed by atoms with Crippen molar-refractivity contribution in [3.63, 3.8) is 0 Å². The summed E-state index contributed by atoms with van der Waals surface area (Å²) in [7, 11) is 0. The maximum absolute atomic E-state index is 6.21. The van der Waals surface area contributed by atoms with Gasteiger partial charge in [-0.1, -0.05) is 32.4 Å². The third-order valence-corrected chi connectivity index (χ3v) is 4.35. The number of halogens is 1. The number of hydrogen-bond donors (Lipinski definition) is 1. The van der Waals surface area contributed by atoms with Crippen molar-refractivity contribution in [2.45, 2.75) is 46.1 Å². The lowest BCUT2D eigenvalue weighted by molar-refractivity contribution is 0.723. The average molecular weight is 311 g/mol. The molecule has 2 heterocycles. The average Bonchev–Trinajstić information content (AvgIpc) is 2.93. The molecule has 108 valence electrons. The summed E-state index contributed by atoms with van der Waals surface area (Å²) in [6.07, 6.45) is 2.76. The lowest BCUT2D eigenvalue weighted by Gasteiger charge is -2.18. The van der Waals surface area contributed by atoms with E-state index in [1.165, 1.54) is 0 Å². The Morgan fingerprint density at radius 1 is 1.35 bits per heavy atom. The fraction of sp³-hybridized carbons (Fsp3) is 0.500. The van der Waals surface area contributed by atoms with Gasteiger partial charge in [-0.3, -0.25) is 0 Å². The van der Waals surface area contributed by atoms with Gasteiger partial charge in [0.15, 0.2) is 0 Å². The minimum Gasteiger partial charge on any atom is -0.360 e. The van der Waals surface area contributed by atoms with Crippen LogP contribution in [0.15, 0.2) is 11.6 Å². The van der Waals surface area contributed by atoms with Gasteiger partial charge in [-0.05, 0) is 13.3 Å². The first-order valence-corrected chi connectivity index (χ1v) is 7.98. The molecule has 0 saturated heterocycles. The van der Waals surface area contributed by atoms with Crippen LogP contribution in [0.2, 0.25) is 5.15 Å². The molecule has 0 spiro atoms. The molecule has 2 aromatic rings. The van der Waals surface area contributed by atoms with Crippen molar-refractivity contribution in [3.05, 3.63) is 33.1 Å². The van der Waals surface area contributed by atoms with Gasteiger partial charge in [-0.25, -0.2) is 15.0 Å². The summed E-state index contributed by atoms with van der Waals surface area (Å²) in [5.74, 6) is 1.81. The van der Waals surface area contributed by atoms with Gasteiger partial charge in [0.25, 0.3) is 0 Å². The zero-order valence-electron chi connectivity index (χ0n) is 12.1. The first kappa shape index (κ1) is 15.2. The molecule has 0 amide bonds. The van der Waals surface area contributed by atoms with Gasteiger partial charge in [0, 0.05) is 23.1 Å². The molecular weight excluding hydrogens is 292 g/mol. The lowest BCUT2D eigenvalue weighted by atomic mass is 10.2. The largest absolute Gasteiger partial charge is 0.360 e. The SMILES string of the molecule is CCC(Nc1nc(C(C)C)nc(Cl)c1C)c1nccs1. The number of anilines is 1. The normalized spacial score (nSPS) is 12.7. The standard InChI is InChI=1S/C14H19ClN4S/c1-5-10(14-16-6-7-20-14)17-13-9(4)11(15)18-12(19-13)8(2)3/h6-8,10H,5H2,1-4H3,(H,17,18,19). The van der Waals surface area contributed by atoms with Crippen LogP contribution in [0, 0.1) is 6.92 Å². The predicted octanol–water partition coefficient (Wildman–Crippen LogP) is 4.58. The van der Waals surface area contributed by atoms with Crippen molar-refractivity contribution >= 4 is 28.8 Å². The van der Waals surface area contributed by atoms with Gasteiger partial charge < -0.3 is 5.32 Å². The molecule has 0 aliphatic heterocycles. The Hall–Kier alpha value is -1.20. The molecule has 0 fully saturated rings. The van der Waals surface area contributed by atoms with E-state index in [9.17, 15) is 0 Å². The molecule has 0 radical (unpaired) electrons. The van der Waals surface area contributed by atoms with E-state index in [4.69, 9.17) is 11.6 Å². The number of nitrogens with one attached hydrogen (secondary N) is 1. The highest BCUT2D eigenvalue weighted by Gasteiger charge is 2.17. The predicted molar refractivity (Wildman–Crippen MR) is 84.6 cm³/mol. The molecule has 1 unspecified atom stereocenters. The number of nitrogens with zero attached hydrogens (tertiary/aromatic N) is 3. The first-order chi connectivity index (χ1) is 9.52. The van der Waals surface area contributed by atoms with Crippen molar-refractivity contribution in [1.29, 1.82) is 0 Å². The van der Waals surface area contributed by atoms with Crippen LogP contribution in [0.25, 0.3) is 0 Å². The van der Waals surface area contributed by atoms with E-state index in [0.29, 0.717) is 5.15 Å². The highest BCUT2D eigenvalue weighted by atomic mass is 35.5. The molecule has 0 aromatic carbocycles. The molecule has 1 N–H and O–H groups in total. The summed E-state index contributed by atoms with van der Waals surface area (Å²) in [5.41, 5.74) is 0.881. The zero-order chi connectivity index (χ0) is 14.7. The molecule has 0 aliphatic rings. The van der Waals surface area contributed by atoms with Crippen LogP contribution < -0.4 is 5.32 Å². The summed E-state index contributed by atoms with van der Waals surface area (Å²) < 4.78 is 0. The van der Waals surface area contributed by atoms with Crippen LogP contribution in [0.4, 0.5) is 5.82 Å². The quantitative estimate of drug-likeness (QED) is 0.821. The monoisotopic (exact) mass is 310 g/mol. The molecular formula is C14H19ClN4S. The Morgan fingerprint density at radius 3 is 2.65 bits per heavy atom. The van der Waals surface area contributed by atoms with E-state index in [1.54, 1.807) is 11.3 Å². The third-order valence-electron chi connectivity index (χ3n) is 3.09.